The SMILES string of the molecule is COc1cc(CC(N)C(=O)O)cc2c1OCC2. The number of fused-ring (bicyclic) bond motifs is 1. The molecule has 1 aromatic carbocycles. The maximum Gasteiger partial charge on any atom is 0.320 e. The number of benzene rings is 1. The molecule has 0 bridgehead atoms. The summed E-state index contributed by atoms with van der Waals surface area (Å²) in [5.41, 5.74) is 7.43. The summed E-state index contributed by atoms with van der Waals surface area (Å²) < 4.78 is 10.7. The van der Waals surface area contributed by atoms with Crippen LogP contribution < -0.4 is 15.2 Å². The van der Waals surface area contributed by atoms with E-state index in [1.165, 1.54) is 0 Å². The van der Waals surface area contributed by atoms with Gasteiger partial charge in [0.05, 0.1) is 13.7 Å². The number of carboxylic acid groups (broad SMARTS) is 1. The van der Waals surface area contributed by atoms with Crippen LogP contribution in [-0.4, -0.2) is 30.8 Å². The molecule has 92 valence electrons. The zero-order chi connectivity index (χ0) is 12.4. The molecule has 1 aromatic rings. The Balaban J connectivity index is 2.27. The van der Waals surface area contributed by atoms with E-state index in [4.69, 9.17) is 20.3 Å². The van der Waals surface area contributed by atoms with Gasteiger partial charge in [0.15, 0.2) is 11.5 Å². The van der Waals surface area contributed by atoms with Crippen LogP contribution in [0.15, 0.2) is 12.1 Å². The molecule has 2 rings (SSSR count). The Kier molecular flexibility index (Phi) is 3.19. The zero-order valence-electron chi connectivity index (χ0n) is 9.60. The van der Waals surface area contributed by atoms with Gasteiger partial charge in [-0.15, -0.1) is 0 Å². The fourth-order valence-electron chi connectivity index (χ4n) is 1.95. The summed E-state index contributed by atoms with van der Waals surface area (Å²) in [7, 11) is 1.57. The first-order valence-corrected chi connectivity index (χ1v) is 5.42. The lowest BCUT2D eigenvalue weighted by atomic mass is 10.0. The average molecular weight is 237 g/mol. The predicted molar refractivity (Wildman–Crippen MR) is 61.5 cm³/mol. The highest BCUT2D eigenvalue weighted by atomic mass is 16.5. The first-order valence-electron chi connectivity index (χ1n) is 5.42. The number of aliphatic carboxylic acids is 1. The van der Waals surface area contributed by atoms with Gasteiger partial charge >= 0.3 is 5.97 Å². The molecule has 5 nitrogen and oxygen atoms in total. The Labute approximate surface area is 99.1 Å². The lowest BCUT2D eigenvalue weighted by Crippen LogP contribution is -2.32. The molecular weight excluding hydrogens is 222 g/mol. The second-order valence-corrected chi connectivity index (χ2v) is 4.03. The zero-order valence-corrected chi connectivity index (χ0v) is 9.60. The predicted octanol–water partition coefficient (Wildman–Crippen LogP) is 0.584. The standard InChI is InChI=1S/C12H15NO4/c1-16-10-6-7(5-9(13)12(14)15)4-8-2-3-17-11(8)10/h4,6,9H,2-3,5,13H2,1H3,(H,14,15). The van der Waals surface area contributed by atoms with E-state index in [0.717, 1.165) is 23.3 Å². The number of carbonyl (C=O) groups is 1. The number of rotatable bonds is 4. The Morgan fingerprint density at radius 1 is 1.65 bits per heavy atom. The molecule has 0 aromatic heterocycles. The summed E-state index contributed by atoms with van der Waals surface area (Å²) >= 11 is 0. The van der Waals surface area contributed by atoms with Crippen molar-refractivity contribution in [3.63, 3.8) is 0 Å². The van der Waals surface area contributed by atoms with Crippen molar-refractivity contribution in [2.45, 2.75) is 18.9 Å². The summed E-state index contributed by atoms with van der Waals surface area (Å²) in [4.78, 5) is 10.7. The van der Waals surface area contributed by atoms with Crippen LogP contribution in [-0.2, 0) is 17.6 Å². The quantitative estimate of drug-likeness (QED) is 0.800. The van der Waals surface area contributed by atoms with Crippen LogP contribution in [0.25, 0.3) is 0 Å². The number of methoxy groups -OCH3 is 1. The van der Waals surface area contributed by atoms with Gasteiger partial charge in [-0.05, 0) is 18.1 Å². The van der Waals surface area contributed by atoms with E-state index in [9.17, 15) is 4.79 Å². The largest absolute Gasteiger partial charge is 0.493 e. The van der Waals surface area contributed by atoms with Gasteiger partial charge in [-0.25, -0.2) is 0 Å². The molecule has 3 N–H and O–H groups in total. The van der Waals surface area contributed by atoms with Gasteiger partial charge in [0.25, 0.3) is 0 Å². The van der Waals surface area contributed by atoms with Crippen molar-refractivity contribution in [3.8, 4) is 11.5 Å². The van der Waals surface area contributed by atoms with Crippen LogP contribution in [0.2, 0.25) is 0 Å². The normalized spacial score (nSPS) is 14.9. The third-order valence-electron chi connectivity index (χ3n) is 2.80. The number of hydrogen-bond donors (Lipinski definition) is 2. The van der Waals surface area contributed by atoms with Crippen molar-refractivity contribution in [2.24, 2.45) is 5.73 Å². The minimum atomic E-state index is -0.999. The molecule has 1 heterocycles. The second kappa shape index (κ2) is 4.63. The Bertz CT molecular complexity index is 444. The maximum absolute atomic E-state index is 10.7. The molecule has 0 aliphatic carbocycles. The maximum atomic E-state index is 10.7. The van der Waals surface area contributed by atoms with E-state index in [1.54, 1.807) is 13.2 Å². The van der Waals surface area contributed by atoms with Gasteiger partial charge in [0, 0.05) is 12.0 Å². The van der Waals surface area contributed by atoms with Crippen LogP contribution >= 0.6 is 0 Å². The van der Waals surface area contributed by atoms with Gasteiger partial charge in [-0.3, -0.25) is 4.79 Å². The Morgan fingerprint density at radius 3 is 3.06 bits per heavy atom. The first kappa shape index (κ1) is 11.7. The highest BCUT2D eigenvalue weighted by Crippen LogP contribution is 2.36. The third-order valence-corrected chi connectivity index (χ3v) is 2.80. The third kappa shape index (κ3) is 2.34. The molecule has 0 saturated heterocycles. The van der Waals surface area contributed by atoms with Crippen LogP contribution in [0, 0.1) is 0 Å². The number of nitrogens with two attached hydrogens (primary N) is 1. The van der Waals surface area contributed by atoms with E-state index in [1.807, 2.05) is 6.07 Å². The second-order valence-electron chi connectivity index (χ2n) is 4.03. The molecule has 0 spiro atoms. The number of hydrogen-bond acceptors (Lipinski definition) is 4. The van der Waals surface area contributed by atoms with Crippen molar-refractivity contribution >= 4 is 5.97 Å². The minimum absolute atomic E-state index is 0.291. The molecule has 1 atom stereocenters. The van der Waals surface area contributed by atoms with Gasteiger partial charge in [-0.2, -0.15) is 0 Å². The molecule has 0 fully saturated rings. The molecule has 0 saturated carbocycles. The topological polar surface area (TPSA) is 81.8 Å². The summed E-state index contributed by atoms with van der Waals surface area (Å²) in [5.74, 6) is 0.411. The summed E-state index contributed by atoms with van der Waals surface area (Å²) in [6.07, 6.45) is 1.11. The van der Waals surface area contributed by atoms with E-state index < -0.39 is 12.0 Å². The number of carboxylic acids is 1. The monoisotopic (exact) mass is 237 g/mol. The smallest absolute Gasteiger partial charge is 0.320 e. The van der Waals surface area contributed by atoms with Crippen LogP contribution in [0.3, 0.4) is 0 Å². The molecule has 1 unspecified atom stereocenters. The van der Waals surface area contributed by atoms with Gasteiger partial charge in [0.1, 0.15) is 6.04 Å². The van der Waals surface area contributed by atoms with Gasteiger partial charge in [0.2, 0.25) is 0 Å². The van der Waals surface area contributed by atoms with E-state index in [-0.39, 0.29) is 0 Å². The first-order chi connectivity index (χ1) is 8.11. The fourth-order valence-corrected chi connectivity index (χ4v) is 1.95. The molecule has 0 amide bonds. The minimum Gasteiger partial charge on any atom is -0.493 e. The van der Waals surface area contributed by atoms with Gasteiger partial charge < -0.3 is 20.3 Å². The van der Waals surface area contributed by atoms with E-state index in [0.29, 0.717) is 18.8 Å². The van der Waals surface area contributed by atoms with Crippen molar-refractivity contribution in [1.82, 2.24) is 0 Å². The summed E-state index contributed by atoms with van der Waals surface area (Å²) in [5, 5.41) is 8.78. The fraction of sp³-hybridized carbons (Fsp3) is 0.417. The molecular formula is C12H15NO4. The molecule has 0 radical (unpaired) electrons. The Hall–Kier alpha value is -1.75. The summed E-state index contributed by atoms with van der Waals surface area (Å²) in [6.45, 7) is 0.639. The summed E-state index contributed by atoms with van der Waals surface area (Å²) in [6, 6.07) is 2.83. The van der Waals surface area contributed by atoms with E-state index in [2.05, 4.69) is 0 Å². The number of ether oxygens (including phenoxy) is 2. The van der Waals surface area contributed by atoms with Crippen LogP contribution in [0.4, 0.5) is 0 Å². The Morgan fingerprint density at radius 2 is 2.41 bits per heavy atom. The average Bonchev–Trinajstić information content (AvgIpc) is 2.75. The molecule has 5 heteroatoms. The van der Waals surface area contributed by atoms with Crippen molar-refractivity contribution < 1.29 is 19.4 Å². The van der Waals surface area contributed by atoms with E-state index >= 15 is 0 Å². The highest BCUT2D eigenvalue weighted by molar-refractivity contribution is 5.73. The molecule has 17 heavy (non-hydrogen) atoms. The van der Waals surface area contributed by atoms with Gasteiger partial charge in [-0.1, -0.05) is 6.07 Å². The van der Waals surface area contributed by atoms with Crippen molar-refractivity contribution in [2.75, 3.05) is 13.7 Å². The van der Waals surface area contributed by atoms with Crippen LogP contribution in [0.5, 0.6) is 11.5 Å². The lowest BCUT2D eigenvalue weighted by Gasteiger charge is -2.11. The highest BCUT2D eigenvalue weighted by Gasteiger charge is 2.20. The van der Waals surface area contributed by atoms with Crippen LogP contribution in [0.1, 0.15) is 11.1 Å². The molecule has 1 aliphatic heterocycles. The van der Waals surface area contributed by atoms with Crippen molar-refractivity contribution in [1.29, 1.82) is 0 Å². The van der Waals surface area contributed by atoms with Crippen molar-refractivity contribution in [3.05, 3.63) is 23.3 Å². The molecule has 1 aliphatic rings. The lowest BCUT2D eigenvalue weighted by molar-refractivity contribution is -0.138.